The summed E-state index contributed by atoms with van der Waals surface area (Å²) < 4.78 is 10.9. The minimum Gasteiger partial charge on any atom is -0.497 e. The van der Waals surface area contributed by atoms with E-state index in [0.29, 0.717) is 5.58 Å². The number of hydrogen-bond acceptors (Lipinski definition) is 3. The number of hydrogen-bond donors (Lipinski definition) is 1. The Balaban J connectivity index is 0.000000531. The summed E-state index contributed by atoms with van der Waals surface area (Å²) in [5.74, 6) is 0.629. The molecule has 3 nitrogen and oxygen atoms in total. The zero-order chi connectivity index (χ0) is 11.4. The van der Waals surface area contributed by atoms with Crippen LogP contribution in [0.1, 0.15) is 13.8 Å². The third-order valence-electron chi connectivity index (χ3n) is 1.77. The van der Waals surface area contributed by atoms with E-state index >= 15 is 0 Å². The SMILES string of the molecule is CC.COc1cc(Br)c2oc(O)cc2c1. The van der Waals surface area contributed by atoms with Gasteiger partial charge >= 0.3 is 0 Å². The molecule has 0 fully saturated rings. The highest BCUT2D eigenvalue weighted by molar-refractivity contribution is 9.10. The van der Waals surface area contributed by atoms with Gasteiger partial charge < -0.3 is 14.3 Å². The fraction of sp³-hybridized carbons (Fsp3) is 0.273. The molecule has 82 valence electrons. The van der Waals surface area contributed by atoms with Crippen molar-refractivity contribution >= 4 is 26.9 Å². The fourth-order valence-corrected chi connectivity index (χ4v) is 1.72. The third-order valence-corrected chi connectivity index (χ3v) is 2.36. The van der Waals surface area contributed by atoms with Gasteiger partial charge in [-0.15, -0.1) is 0 Å². The van der Waals surface area contributed by atoms with Gasteiger partial charge in [-0.25, -0.2) is 0 Å². The lowest BCUT2D eigenvalue weighted by Gasteiger charge is -1.99. The molecule has 2 rings (SSSR count). The predicted octanol–water partition coefficient (Wildman–Crippen LogP) is 3.94. The molecule has 0 spiro atoms. The van der Waals surface area contributed by atoms with Crippen LogP contribution < -0.4 is 4.74 Å². The standard InChI is InChI=1S/C9H7BrO3.C2H6/c1-12-6-2-5-3-8(11)13-9(5)7(10)4-6;1-2/h2-4,11H,1H3;1-2H3. The molecular weight excluding hydrogens is 260 g/mol. The Morgan fingerprint density at radius 3 is 2.53 bits per heavy atom. The van der Waals surface area contributed by atoms with E-state index in [0.717, 1.165) is 15.6 Å². The molecule has 1 aromatic heterocycles. The number of furan rings is 1. The van der Waals surface area contributed by atoms with Crippen molar-refractivity contribution in [3.8, 4) is 11.7 Å². The molecule has 1 heterocycles. The number of rotatable bonds is 1. The van der Waals surface area contributed by atoms with Crippen LogP contribution in [0.15, 0.2) is 27.1 Å². The summed E-state index contributed by atoms with van der Waals surface area (Å²) in [5, 5.41) is 9.92. The van der Waals surface area contributed by atoms with E-state index in [4.69, 9.17) is 14.3 Å². The quantitative estimate of drug-likeness (QED) is 0.855. The average Bonchev–Trinajstić information content (AvgIpc) is 2.62. The summed E-state index contributed by atoms with van der Waals surface area (Å²) >= 11 is 3.32. The van der Waals surface area contributed by atoms with E-state index in [2.05, 4.69) is 15.9 Å². The van der Waals surface area contributed by atoms with Crippen LogP contribution in [0.4, 0.5) is 0 Å². The summed E-state index contributed by atoms with van der Waals surface area (Å²) in [5.41, 5.74) is 0.623. The Kier molecular flexibility index (Phi) is 4.03. The van der Waals surface area contributed by atoms with Crippen molar-refractivity contribution in [1.82, 2.24) is 0 Å². The first-order valence-electron chi connectivity index (χ1n) is 4.67. The van der Waals surface area contributed by atoms with Crippen molar-refractivity contribution in [3.63, 3.8) is 0 Å². The number of aromatic hydroxyl groups is 1. The highest BCUT2D eigenvalue weighted by atomic mass is 79.9. The van der Waals surface area contributed by atoms with Crippen molar-refractivity contribution < 1.29 is 14.3 Å². The van der Waals surface area contributed by atoms with Crippen molar-refractivity contribution in [3.05, 3.63) is 22.7 Å². The monoisotopic (exact) mass is 272 g/mol. The molecule has 0 saturated carbocycles. The van der Waals surface area contributed by atoms with Gasteiger partial charge in [0, 0.05) is 11.5 Å². The van der Waals surface area contributed by atoms with E-state index in [-0.39, 0.29) is 5.95 Å². The molecule has 0 atom stereocenters. The van der Waals surface area contributed by atoms with E-state index in [1.807, 2.05) is 13.8 Å². The van der Waals surface area contributed by atoms with Crippen LogP contribution in [0.2, 0.25) is 0 Å². The maximum atomic E-state index is 9.12. The highest BCUT2D eigenvalue weighted by Crippen LogP contribution is 2.33. The van der Waals surface area contributed by atoms with Crippen LogP contribution in [0.5, 0.6) is 11.7 Å². The van der Waals surface area contributed by atoms with Crippen molar-refractivity contribution in [2.24, 2.45) is 0 Å². The molecular formula is C11H13BrO3. The number of methoxy groups -OCH3 is 1. The highest BCUT2D eigenvalue weighted by Gasteiger charge is 2.07. The largest absolute Gasteiger partial charge is 0.497 e. The maximum Gasteiger partial charge on any atom is 0.282 e. The summed E-state index contributed by atoms with van der Waals surface area (Å²) in [7, 11) is 1.59. The topological polar surface area (TPSA) is 42.6 Å². The molecule has 1 N–H and O–H groups in total. The van der Waals surface area contributed by atoms with Crippen LogP contribution in [-0.4, -0.2) is 12.2 Å². The predicted molar refractivity (Wildman–Crippen MR) is 63.5 cm³/mol. The first-order valence-corrected chi connectivity index (χ1v) is 5.46. The van der Waals surface area contributed by atoms with E-state index in [9.17, 15) is 0 Å². The molecule has 0 aliphatic heterocycles. The Morgan fingerprint density at radius 2 is 1.93 bits per heavy atom. The lowest BCUT2D eigenvalue weighted by molar-refractivity contribution is 0.346. The molecule has 0 amide bonds. The normalized spacial score (nSPS) is 9.60. The molecule has 0 aliphatic carbocycles. The minimum atomic E-state index is -0.0936. The lowest BCUT2D eigenvalue weighted by atomic mass is 10.2. The van der Waals surface area contributed by atoms with E-state index in [1.165, 1.54) is 0 Å². The number of fused-ring (bicyclic) bond motifs is 1. The molecule has 1 aromatic carbocycles. The first kappa shape index (κ1) is 11.9. The molecule has 2 aromatic rings. The molecule has 0 bridgehead atoms. The van der Waals surface area contributed by atoms with Gasteiger partial charge in [-0.05, 0) is 28.1 Å². The minimum absolute atomic E-state index is 0.0936. The van der Waals surface area contributed by atoms with Gasteiger partial charge in [-0.1, -0.05) is 13.8 Å². The Bertz CT molecular complexity index is 448. The lowest BCUT2D eigenvalue weighted by Crippen LogP contribution is -1.81. The molecule has 0 saturated heterocycles. The second kappa shape index (κ2) is 5.07. The van der Waals surface area contributed by atoms with Gasteiger partial charge in [-0.3, -0.25) is 0 Å². The maximum absolute atomic E-state index is 9.12. The fourth-order valence-electron chi connectivity index (χ4n) is 1.19. The molecule has 0 radical (unpaired) electrons. The van der Waals surface area contributed by atoms with Gasteiger partial charge in [-0.2, -0.15) is 0 Å². The summed E-state index contributed by atoms with van der Waals surface area (Å²) in [6, 6.07) is 5.12. The van der Waals surface area contributed by atoms with Crippen LogP contribution in [0.3, 0.4) is 0 Å². The zero-order valence-corrected chi connectivity index (χ0v) is 10.5. The van der Waals surface area contributed by atoms with Crippen molar-refractivity contribution in [2.75, 3.05) is 7.11 Å². The van der Waals surface area contributed by atoms with Crippen LogP contribution in [0, 0.1) is 0 Å². The van der Waals surface area contributed by atoms with E-state index in [1.54, 1.807) is 25.3 Å². The van der Waals surface area contributed by atoms with Gasteiger partial charge in [0.15, 0.2) is 5.58 Å². The molecule has 0 aliphatic rings. The number of benzene rings is 1. The Hall–Kier alpha value is -1.16. The molecule has 4 heteroatoms. The molecule has 0 unspecified atom stereocenters. The molecule has 15 heavy (non-hydrogen) atoms. The van der Waals surface area contributed by atoms with Gasteiger partial charge in [0.25, 0.3) is 5.95 Å². The van der Waals surface area contributed by atoms with Crippen molar-refractivity contribution in [2.45, 2.75) is 13.8 Å². The average molecular weight is 273 g/mol. The second-order valence-electron chi connectivity index (χ2n) is 2.61. The van der Waals surface area contributed by atoms with Crippen LogP contribution in [0.25, 0.3) is 11.0 Å². The van der Waals surface area contributed by atoms with Gasteiger partial charge in [0.2, 0.25) is 0 Å². The Morgan fingerprint density at radius 1 is 1.27 bits per heavy atom. The summed E-state index contributed by atoms with van der Waals surface area (Å²) in [6.07, 6.45) is 0. The summed E-state index contributed by atoms with van der Waals surface area (Å²) in [4.78, 5) is 0. The van der Waals surface area contributed by atoms with Crippen molar-refractivity contribution in [1.29, 1.82) is 0 Å². The number of halogens is 1. The van der Waals surface area contributed by atoms with E-state index < -0.39 is 0 Å². The van der Waals surface area contributed by atoms with Gasteiger partial charge in [0.1, 0.15) is 5.75 Å². The Labute approximate surface area is 96.8 Å². The number of ether oxygens (including phenoxy) is 1. The second-order valence-corrected chi connectivity index (χ2v) is 3.47. The van der Waals surface area contributed by atoms with Gasteiger partial charge in [0.05, 0.1) is 11.6 Å². The summed E-state index contributed by atoms with van der Waals surface area (Å²) in [6.45, 7) is 4.00. The first-order chi connectivity index (χ1) is 7.20. The smallest absolute Gasteiger partial charge is 0.282 e. The zero-order valence-electron chi connectivity index (χ0n) is 8.87. The van der Waals surface area contributed by atoms with Crippen LogP contribution >= 0.6 is 15.9 Å². The third kappa shape index (κ3) is 2.45. The van der Waals surface area contributed by atoms with Crippen LogP contribution in [-0.2, 0) is 0 Å².